The summed E-state index contributed by atoms with van der Waals surface area (Å²) < 4.78 is 5.38. The van der Waals surface area contributed by atoms with Crippen LogP contribution in [-0.2, 0) is 9.53 Å². The lowest BCUT2D eigenvalue weighted by molar-refractivity contribution is -0.139. The van der Waals surface area contributed by atoms with E-state index in [2.05, 4.69) is 4.90 Å². The Bertz CT molecular complexity index is 393. The number of hydrogen-bond acceptors (Lipinski definition) is 4. The van der Waals surface area contributed by atoms with Crippen molar-refractivity contribution >= 4 is 12.1 Å². The van der Waals surface area contributed by atoms with Gasteiger partial charge in [-0.2, -0.15) is 0 Å². The number of aliphatic carboxylic acids is 1. The standard InChI is InChI=1S/C15H26N2O4/c1-15(2,3)21-14(20)16-8-6-12(7-9-16)17(10-13(18)19)11-4-5-11/h11-12H,4-10H2,1-3H3,(H,18,19). The fraction of sp³-hybridized carbons (Fsp3) is 0.867. The summed E-state index contributed by atoms with van der Waals surface area (Å²) in [5.41, 5.74) is -0.475. The highest BCUT2D eigenvalue weighted by Gasteiger charge is 2.37. The number of likely N-dealkylation sites (tertiary alicyclic amines) is 1. The van der Waals surface area contributed by atoms with Crippen LogP contribution in [-0.4, -0.2) is 64.3 Å². The molecule has 2 aliphatic rings. The normalized spacial score (nSPS) is 20.7. The molecule has 0 radical (unpaired) electrons. The fourth-order valence-electron chi connectivity index (χ4n) is 2.83. The van der Waals surface area contributed by atoms with Gasteiger partial charge in [-0.15, -0.1) is 0 Å². The molecule has 1 aliphatic heterocycles. The van der Waals surface area contributed by atoms with Crippen LogP contribution in [0.1, 0.15) is 46.5 Å². The zero-order valence-corrected chi connectivity index (χ0v) is 13.2. The van der Waals surface area contributed by atoms with Crippen LogP contribution in [0.15, 0.2) is 0 Å². The minimum absolute atomic E-state index is 0.113. The first kappa shape index (κ1) is 16.1. The summed E-state index contributed by atoms with van der Waals surface area (Å²) in [5, 5.41) is 9.03. The van der Waals surface area contributed by atoms with Crippen molar-refractivity contribution in [1.82, 2.24) is 9.80 Å². The van der Waals surface area contributed by atoms with Crippen LogP contribution in [0.3, 0.4) is 0 Å². The van der Waals surface area contributed by atoms with Crippen molar-refractivity contribution in [2.45, 2.75) is 64.1 Å². The van der Waals surface area contributed by atoms with Gasteiger partial charge in [-0.3, -0.25) is 9.69 Å². The molecular formula is C15H26N2O4. The maximum atomic E-state index is 12.0. The molecule has 2 fully saturated rings. The Kier molecular flexibility index (Phi) is 4.76. The van der Waals surface area contributed by atoms with Gasteiger partial charge in [0.1, 0.15) is 5.60 Å². The zero-order valence-electron chi connectivity index (χ0n) is 13.2. The van der Waals surface area contributed by atoms with E-state index >= 15 is 0 Å². The van der Waals surface area contributed by atoms with Crippen molar-refractivity contribution in [3.8, 4) is 0 Å². The third-order valence-corrected chi connectivity index (χ3v) is 3.92. The molecule has 1 N–H and O–H groups in total. The van der Waals surface area contributed by atoms with Gasteiger partial charge in [-0.25, -0.2) is 4.79 Å². The van der Waals surface area contributed by atoms with Crippen molar-refractivity contribution in [1.29, 1.82) is 0 Å². The molecule has 120 valence electrons. The Morgan fingerprint density at radius 1 is 1.14 bits per heavy atom. The molecule has 0 atom stereocenters. The average Bonchev–Trinajstić information content (AvgIpc) is 3.18. The summed E-state index contributed by atoms with van der Waals surface area (Å²) in [7, 11) is 0. The lowest BCUT2D eigenvalue weighted by atomic mass is 10.0. The van der Waals surface area contributed by atoms with Gasteiger partial charge in [0.15, 0.2) is 0 Å². The van der Waals surface area contributed by atoms with E-state index in [1.165, 1.54) is 0 Å². The molecule has 1 aliphatic carbocycles. The van der Waals surface area contributed by atoms with Crippen molar-refractivity contribution in [2.75, 3.05) is 19.6 Å². The molecule has 6 nitrogen and oxygen atoms in total. The van der Waals surface area contributed by atoms with Gasteiger partial charge in [0.25, 0.3) is 0 Å². The molecule has 6 heteroatoms. The van der Waals surface area contributed by atoms with E-state index in [0.717, 1.165) is 25.7 Å². The first-order valence-corrected chi connectivity index (χ1v) is 7.72. The number of nitrogens with zero attached hydrogens (tertiary/aromatic N) is 2. The molecule has 0 aromatic carbocycles. The molecule has 0 aromatic rings. The van der Waals surface area contributed by atoms with Crippen LogP contribution < -0.4 is 0 Å². The van der Waals surface area contributed by atoms with Crippen molar-refractivity contribution < 1.29 is 19.4 Å². The van der Waals surface area contributed by atoms with Gasteiger partial charge in [-0.05, 0) is 46.5 Å². The smallest absolute Gasteiger partial charge is 0.410 e. The van der Waals surface area contributed by atoms with E-state index in [1.54, 1.807) is 4.90 Å². The predicted octanol–water partition coefficient (Wildman–Crippen LogP) is 1.93. The highest BCUT2D eigenvalue weighted by atomic mass is 16.6. The van der Waals surface area contributed by atoms with Gasteiger partial charge in [-0.1, -0.05) is 0 Å². The molecular weight excluding hydrogens is 272 g/mol. The predicted molar refractivity (Wildman–Crippen MR) is 78.2 cm³/mol. The van der Waals surface area contributed by atoms with Crippen LogP contribution in [0.2, 0.25) is 0 Å². The number of carboxylic acid groups (broad SMARTS) is 1. The molecule has 1 heterocycles. The van der Waals surface area contributed by atoms with Gasteiger partial charge in [0.05, 0.1) is 6.54 Å². The van der Waals surface area contributed by atoms with Gasteiger partial charge in [0.2, 0.25) is 0 Å². The molecule has 0 bridgehead atoms. The van der Waals surface area contributed by atoms with E-state index in [1.807, 2.05) is 20.8 Å². The summed E-state index contributed by atoms with van der Waals surface area (Å²) >= 11 is 0. The number of carboxylic acids is 1. The van der Waals surface area contributed by atoms with Gasteiger partial charge >= 0.3 is 12.1 Å². The highest BCUT2D eigenvalue weighted by molar-refractivity contribution is 5.69. The fourth-order valence-corrected chi connectivity index (χ4v) is 2.83. The summed E-state index contributed by atoms with van der Waals surface area (Å²) in [4.78, 5) is 26.8. The maximum Gasteiger partial charge on any atom is 0.410 e. The van der Waals surface area contributed by atoms with E-state index in [-0.39, 0.29) is 18.7 Å². The van der Waals surface area contributed by atoms with Crippen LogP contribution in [0.4, 0.5) is 4.79 Å². The first-order chi connectivity index (χ1) is 9.76. The van der Waals surface area contributed by atoms with Crippen molar-refractivity contribution in [3.05, 3.63) is 0 Å². The summed E-state index contributed by atoms with van der Waals surface area (Å²) in [6.07, 6.45) is 3.57. The Labute approximate surface area is 126 Å². The summed E-state index contributed by atoms with van der Waals surface area (Å²) in [5.74, 6) is -0.767. The lowest BCUT2D eigenvalue weighted by Gasteiger charge is -2.38. The number of amides is 1. The molecule has 0 spiro atoms. The molecule has 0 aromatic heterocycles. The molecule has 1 saturated carbocycles. The Morgan fingerprint density at radius 2 is 1.67 bits per heavy atom. The van der Waals surface area contributed by atoms with E-state index in [4.69, 9.17) is 9.84 Å². The largest absolute Gasteiger partial charge is 0.480 e. The van der Waals surface area contributed by atoms with Crippen LogP contribution in [0.25, 0.3) is 0 Å². The van der Waals surface area contributed by atoms with Crippen molar-refractivity contribution in [3.63, 3.8) is 0 Å². The number of rotatable bonds is 4. The lowest BCUT2D eigenvalue weighted by Crippen LogP contribution is -2.49. The van der Waals surface area contributed by atoms with Crippen molar-refractivity contribution in [2.24, 2.45) is 0 Å². The molecule has 2 rings (SSSR count). The van der Waals surface area contributed by atoms with E-state index < -0.39 is 11.6 Å². The van der Waals surface area contributed by atoms with E-state index in [0.29, 0.717) is 19.1 Å². The molecule has 1 amide bonds. The highest BCUT2D eigenvalue weighted by Crippen LogP contribution is 2.31. The monoisotopic (exact) mass is 298 g/mol. The second-order valence-electron chi connectivity index (χ2n) is 7.00. The SMILES string of the molecule is CC(C)(C)OC(=O)N1CCC(N(CC(=O)O)C2CC2)CC1. The molecule has 21 heavy (non-hydrogen) atoms. The topological polar surface area (TPSA) is 70.1 Å². The molecule has 0 unspecified atom stereocenters. The van der Waals surface area contributed by atoms with Gasteiger partial charge < -0.3 is 14.7 Å². The Hall–Kier alpha value is -1.30. The minimum Gasteiger partial charge on any atom is -0.480 e. The quantitative estimate of drug-likeness (QED) is 0.859. The first-order valence-electron chi connectivity index (χ1n) is 7.72. The van der Waals surface area contributed by atoms with Crippen LogP contribution >= 0.6 is 0 Å². The second kappa shape index (κ2) is 6.22. The summed E-state index contributed by atoms with van der Waals surface area (Å²) in [6.45, 7) is 6.98. The van der Waals surface area contributed by atoms with E-state index in [9.17, 15) is 9.59 Å². The van der Waals surface area contributed by atoms with Crippen LogP contribution in [0, 0.1) is 0 Å². The number of carbonyl (C=O) groups is 2. The Balaban J connectivity index is 1.84. The maximum absolute atomic E-state index is 12.0. The Morgan fingerprint density at radius 3 is 2.10 bits per heavy atom. The summed E-state index contributed by atoms with van der Waals surface area (Å²) in [6, 6.07) is 0.700. The number of hydrogen-bond donors (Lipinski definition) is 1. The molecule has 1 saturated heterocycles. The average molecular weight is 298 g/mol. The minimum atomic E-state index is -0.767. The number of piperidine rings is 1. The number of ether oxygens (including phenoxy) is 1. The third-order valence-electron chi connectivity index (χ3n) is 3.92. The van der Waals surface area contributed by atoms with Gasteiger partial charge in [0, 0.05) is 25.2 Å². The van der Waals surface area contributed by atoms with Crippen LogP contribution in [0.5, 0.6) is 0 Å². The third kappa shape index (κ3) is 4.88. The zero-order chi connectivity index (χ0) is 15.6. The second-order valence-corrected chi connectivity index (χ2v) is 7.00. The number of carbonyl (C=O) groups excluding carboxylic acids is 1.